The molecule has 0 bridgehead atoms. The fourth-order valence-corrected chi connectivity index (χ4v) is 6.72. The van der Waals surface area contributed by atoms with Gasteiger partial charge in [-0.2, -0.15) is 0 Å². The molecule has 2 aromatic heterocycles. The van der Waals surface area contributed by atoms with Gasteiger partial charge in [0.2, 0.25) is 10.9 Å². The molecule has 11 heteroatoms. The van der Waals surface area contributed by atoms with Crippen molar-refractivity contribution in [2.24, 2.45) is 0 Å². The van der Waals surface area contributed by atoms with Gasteiger partial charge in [-0.05, 0) is 49.2 Å². The van der Waals surface area contributed by atoms with Crippen molar-refractivity contribution in [3.63, 3.8) is 0 Å². The number of fused-ring (bicyclic) bond motifs is 1. The van der Waals surface area contributed by atoms with E-state index >= 15 is 0 Å². The van der Waals surface area contributed by atoms with Gasteiger partial charge < -0.3 is 19.0 Å². The molecule has 218 valence electrons. The minimum absolute atomic E-state index is 0.00640. The number of nitrogens with zero attached hydrogens (tertiary/aromatic N) is 3. The number of carbonyl (C=O) groups is 2. The fourth-order valence-electron chi connectivity index (χ4n) is 4.89. The Morgan fingerprint density at radius 1 is 1.07 bits per heavy atom. The molecule has 1 aliphatic heterocycles. The minimum atomic E-state index is -1.03. The van der Waals surface area contributed by atoms with Gasteiger partial charge in [0.05, 0.1) is 25.3 Å². The van der Waals surface area contributed by atoms with E-state index in [1.807, 2.05) is 26.0 Å². The number of aliphatic hydroxyl groups excluding tert-OH is 1. The molecule has 1 amide bonds. The normalized spacial score (nSPS) is 15.0. The third kappa shape index (κ3) is 5.49. The van der Waals surface area contributed by atoms with E-state index in [-0.39, 0.29) is 16.5 Å². The van der Waals surface area contributed by atoms with E-state index in [0.717, 1.165) is 10.9 Å². The lowest BCUT2D eigenvalue weighted by Gasteiger charge is -2.24. The van der Waals surface area contributed by atoms with Crippen molar-refractivity contribution in [1.29, 1.82) is 0 Å². The van der Waals surface area contributed by atoms with Crippen molar-refractivity contribution >= 4 is 50.9 Å². The zero-order chi connectivity index (χ0) is 30.1. The molecule has 0 radical (unpaired) electrons. The Balaban J connectivity index is 1.39. The number of aliphatic hydroxyl groups is 1. The van der Waals surface area contributed by atoms with Gasteiger partial charge in [-0.1, -0.05) is 77.2 Å². The maximum Gasteiger partial charge on any atom is 0.296 e. The predicted octanol–water partition coefficient (Wildman–Crippen LogP) is 7.08. The Kier molecular flexibility index (Phi) is 7.92. The number of ketones is 1. The standard InChI is InChI=1S/C32H27N3O6S2/c1-4-40-23-14-13-21(16-24(23)39-3)27-26(28(36)25-15-20-7-5-6-8-22(20)41-25)29(37)30(38)35(27)31-33-34-32(43-31)42-17-19-11-9-18(2)10-12-19/h5-16,27,37H,4,17H2,1-3H3/t27-/m1/s1. The monoisotopic (exact) mass is 613 g/mol. The van der Waals surface area contributed by atoms with Crippen LogP contribution < -0.4 is 14.4 Å². The molecule has 0 spiro atoms. The smallest absolute Gasteiger partial charge is 0.296 e. The number of thioether (sulfide) groups is 1. The third-order valence-electron chi connectivity index (χ3n) is 6.99. The van der Waals surface area contributed by atoms with Crippen LogP contribution >= 0.6 is 23.1 Å². The van der Waals surface area contributed by atoms with Gasteiger partial charge in [0.1, 0.15) is 5.58 Å². The molecule has 3 aromatic carbocycles. The first-order valence-corrected chi connectivity index (χ1v) is 15.3. The number of rotatable bonds is 10. The molecule has 0 saturated heterocycles. The minimum Gasteiger partial charge on any atom is -0.503 e. The van der Waals surface area contributed by atoms with Crippen LogP contribution in [0.25, 0.3) is 11.0 Å². The quantitative estimate of drug-likeness (QED) is 0.100. The predicted molar refractivity (Wildman–Crippen MR) is 165 cm³/mol. The van der Waals surface area contributed by atoms with Gasteiger partial charge >= 0.3 is 0 Å². The lowest BCUT2D eigenvalue weighted by Crippen LogP contribution is -2.31. The molecule has 0 fully saturated rings. The number of ether oxygens (including phenoxy) is 2. The van der Waals surface area contributed by atoms with Crippen LogP contribution in [0.3, 0.4) is 0 Å². The molecule has 1 atom stereocenters. The maximum absolute atomic E-state index is 14.0. The Hall–Kier alpha value is -4.61. The number of anilines is 1. The van der Waals surface area contributed by atoms with Crippen molar-refractivity contribution < 1.29 is 28.6 Å². The number of carbonyl (C=O) groups excluding carboxylic acids is 2. The SMILES string of the molecule is CCOc1ccc([C@@H]2C(C(=O)c3cc4ccccc4o3)=C(O)C(=O)N2c2nnc(SCc3ccc(C)cc3)s2)cc1OC. The first kappa shape index (κ1) is 28.5. The summed E-state index contributed by atoms with van der Waals surface area (Å²) in [6.07, 6.45) is 0. The number of Topliss-reactive ketones (excluding diaryl/α,β-unsaturated/α-hetero) is 1. The van der Waals surface area contributed by atoms with Crippen LogP contribution in [0.15, 0.2) is 92.9 Å². The zero-order valence-electron chi connectivity index (χ0n) is 23.6. The number of hydrogen-bond acceptors (Lipinski definition) is 10. The second kappa shape index (κ2) is 11.9. The van der Waals surface area contributed by atoms with Crippen LogP contribution in [0.1, 0.15) is 40.2 Å². The average Bonchev–Trinajstić information content (AvgIpc) is 3.73. The van der Waals surface area contributed by atoms with Crippen LogP contribution in [0, 0.1) is 6.92 Å². The van der Waals surface area contributed by atoms with Crippen molar-refractivity contribution in [2.75, 3.05) is 18.6 Å². The lowest BCUT2D eigenvalue weighted by molar-refractivity contribution is -0.117. The highest BCUT2D eigenvalue weighted by Crippen LogP contribution is 2.45. The van der Waals surface area contributed by atoms with Gasteiger partial charge in [0.15, 0.2) is 27.4 Å². The summed E-state index contributed by atoms with van der Waals surface area (Å²) in [6, 6.07) is 21.1. The fraction of sp³-hybridized carbons (Fsp3) is 0.188. The molecular weight excluding hydrogens is 587 g/mol. The number of para-hydroxylation sites is 1. The van der Waals surface area contributed by atoms with Crippen LogP contribution in [-0.4, -0.2) is 40.7 Å². The number of aromatic nitrogens is 2. The van der Waals surface area contributed by atoms with Crippen LogP contribution in [0.4, 0.5) is 5.13 Å². The van der Waals surface area contributed by atoms with E-state index in [9.17, 15) is 14.7 Å². The summed E-state index contributed by atoms with van der Waals surface area (Å²) in [4.78, 5) is 28.9. The van der Waals surface area contributed by atoms with E-state index in [1.165, 1.54) is 40.7 Å². The van der Waals surface area contributed by atoms with E-state index < -0.39 is 23.5 Å². The van der Waals surface area contributed by atoms with Gasteiger partial charge in [-0.25, -0.2) is 0 Å². The van der Waals surface area contributed by atoms with E-state index in [1.54, 1.807) is 36.4 Å². The zero-order valence-corrected chi connectivity index (χ0v) is 25.2. The number of methoxy groups -OCH3 is 1. The maximum atomic E-state index is 14.0. The first-order chi connectivity index (χ1) is 20.9. The molecule has 6 rings (SSSR count). The summed E-state index contributed by atoms with van der Waals surface area (Å²) < 4.78 is 17.7. The molecule has 0 aliphatic carbocycles. The Bertz CT molecular complexity index is 1830. The van der Waals surface area contributed by atoms with Crippen molar-refractivity contribution in [1.82, 2.24) is 10.2 Å². The first-order valence-electron chi connectivity index (χ1n) is 13.5. The summed E-state index contributed by atoms with van der Waals surface area (Å²) in [5, 5.41) is 20.8. The average molecular weight is 614 g/mol. The van der Waals surface area contributed by atoms with E-state index in [4.69, 9.17) is 13.9 Å². The summed E-state index contributed by atoms with van der Waals surface area (Å²) in [5.41, 5.74) is 3.21. The molecule has 0 unspecified atom stereocenters. The molecule has 9 nitrogen and oxygen atoms in total. The summed E-state index contributed by atoms with van der Waals surface area (Å²) in [6.45, 7) is 4.32. The Morgan fingerprint density at radius 2 is 1.86 bits per heavy atom. The van der Waals surface area contributed by atoms with Gasteiger partial charge in [-0.15, -0.1) is 10.2 Å². The van der Waals surface area contributed by atoms with E-state index in [2.05, 4.69) is 34.5 Å². The van der Waals surface area contributed by atoms with Gasteiger partial charge in [0, 0.05) is 11.1 Å². The second-order valence-corrected chi connectivity index (χ2v) is 12.0. The van der Waals surface area contributed by atoms with Gasteiger partial charge in [-0.3, -0.25) is 14.5 Å². The Morgan fingerprint density at radius 3 is 2.60 bits per heavy atom. The Labute approximate surface area is 255 Å². The highest BCUT2D eigenvalue weighted by atomic mass is 32.2. The second-order valence-electron chi connectivity index (χ2n) is 9.79. The van der Waals surface area contributed by atoms with E-state index in [0.29, 0.717) is 39.3 Å². The molecule has 1 aliphatic rings. The number of hydrogen-bond donors (Lipinski definition) is 1. The molecule has 3 heterocycles. The lowest BCUT2D eigenvalue weighted by atomic mass is 9.95. The highest BCUT2D eigenvalue weighted by Gasteiger charge is 2.47. The molecular formula is C32H27N3O6S2. The highest BCUT2D eigenvalue weighted by molar-refractivity contribution is 8.00. The number of aryl methyl sites for hydroxylation is 1. The number of amides is 1. The molecule has 1 N–H and O–H groups in total. The van der Waals surface area contributed by atoms with Crippen molar-refractivity contribution in [3.8, 4) is 11.5 Å². The molecule has 43 heavy (non-hydrogen) atoms. The summed E-state index contributed by atoms with van der Waals surface area (Å²) in [5.74, 6) is -0.445. The van der Waals surface area contributed by atoms with Crippen LogP contribution in [-0.2, 0) is 10.5 Å². The number of benzene rings is 3. The van der Waals surface area contributed by atoms with Gasteiger partial charge in [0.25, 0.3) is 5.91 Å². The van der Waals surface area contributed by atoms with Crippen molar-refractivity contribution in [3.05, 3.63) is 107 Å². The third-order valence-corrected chi connectivity index (χ3v) is 9.12. The topological polar surface area (TPSA) is 115 Å². The van der Waals surface area contributed by atoms with Crippen LogP contribution in [0.5, 0.6) is 11.5 Å². The molecule has 0 saturated carbocycles. The largest absolute Gasteiger partial charge is 0.503 e. The molecule has 5 aromatic rings. The van der Waals surface area contributed by atoms with Crippen molar-refractivity contribution in [2.45, 2.75) is 30.0 Å². The summed E-state index contributed by atoms with van der Waals surface area (Å²) in [7, 11) is 1.51. The number of furan rings is 1. The summed E-state index contributed by atoms with van der Waals surface area (Å²) >= 11 is 2.70. The van der Waals surface area contributed by atoms with Crippen LogP contribution in [0.2, 0.25) is 0 Å².